The first-order valence-corrected chi connectivity index (χ1v) is 7.91. The fourth-order valence-electron chi connectivity index (χ4n) is 1.99. The minimum Gasteiger partial charge on any atom is -0.381 e. The zero-order valence-electron chi connectivity index (χ0n) is 11.3. The van der Waals surface area contributed by atoms with Crippen LogP contribution in [0.25, 0.3) is 0 Å². The van der Waals surface area contributed by atoms with Crippen molar-refractivity contribution in [2.24, 2.45) is 5.92 Å². The highest BCUT2D eigenvalue weighted by molar-refractivity contribution is 7.89. The zero-order valence-corrected chi connectivity index (χ0v) is 12.1. The van der Waals surface area contributed by atoms with Gasteiger partial charge in [0.1, 0.15) is 0 Å². The highest BCUT2D eigenvalue weighted by Gasteiger charge is 2.17. The molecule has 0 aliphatic carbocycles. The van der Waals surface area contributed by atoms with Crippen LogP contribution in [0.1, 0.15) is 16.8 Å². The lowest BCUT2D eigenvalue weighted by molar-refractivity contribution is 0.0945. The van der Waals surface area contributed by atoms with E-state index in [0.717, 1.165) is 13.0 Å². The molecular weight excluding hydrogens is 280 g/mol. The van der Waals surface area contributed by atoms with Crippen molar-refractivity contribution in [3.8, 4) is 0 Å². The molecule has 1 aromatic rings. The van der Waals surface area contributed by atoms with Crippen molar-refractivity contribution < 1.29 is 17.9 Å². The van der Waals surface area contributed by atoms with Crippen molar-refractivity contribution in [3.63, 3.8) is 0 Å². The molecule has 7 heteroatoms. The molecule has 0 spiro atoms. The molecule has 0 unspecified atom stereocenters. The van der Waals surface area contributed by atoms with Crippen LogP contribution in [0, 0.1) is 5.92 Å². The minimum absolute atomic E-state index is 0.140. The summed E-state index contributed by atoms with van der Waals surface area (Å²) in [6.45, 7) is 2.01. The SMILES string of the molecule is CNS(=O)(=O)c1ccc(C(=O)NC[C@H]2CCOC2)cc1. The van der Waals surface area contributed by atoms with Gasteiger partial charge in [0.25, 0.3) is 5.91 Å². The van der Waals surface area contributed by atoms with E-state index in [4.69, 9.17) is 4.74 Å². The molecule has 0 bridgehead atoms. The zero-order chi connectivity index (χ0) is 14.6. The summed E-state index contributed by atoms with van der Waals surface area (Å²) in [4.78, 5) is 12.1. The van der Waals surface area contributed by atoms with E-state index in [9.17, 15) is 13.2 Å². The van der Waals surface area contributed by atoms with Gasteiger partial charge in [0, 0.05) is 24.6 Å². The molecule has 6 nitrogen and oxygen atoms in total. The van der Waals surface area contributed by atoms with E-state index in [1.807, 2.05) is 0 Å². The smallest absolute Gasteiger partial charge is 0.251 e. The number of nitrogens with one attached hydrogen (secondary N) is 2. The second-order valence-electron chi connectivity index (χ2n) is 4.67. The Bertz CT molecular complexity index is 563. The van der Waals surface area contributed by atoms with Crippen LogP contribution < -0.4 is 10.0 Å². The van der Waals surface area contributed by atoms with Gasteiger partial charge < -0.3 is 10.1 Å². The van der Waals surface area contributed by atoms with Crippen molar-refractivity contribution in [2.75, 3.05) is 26.8 Å². The maximum Gasteiger partial charge on any atom is 0.251 e. The Morgan fingerprint density at radius 1 is 1.35 bits per heavy atom. The van der Waals surface area contributed by atoms with E-state index in [1.165, 1.54) is 31.3 Å². The number of amides is 1. The molecule has 1 saturated heterocycles. The Hall–Kier alpha value is -1.44. The lowest BCUT2D eigenvalue weighted by Crippen LogP contribution is -2.29. The highest BCUT2D eigenvalue weighted by Crippen LogP contribution is 2.12. The van der Waals surface area contributed by atoms with Gasteiger partial charge in [0.2, 0.25) is 10.0 Å². The number of carbonyl (C=O) groups is 1. The van der Waals surface area contributed by atoms with E-state index >= 15 is 0 Å². The van der Waals surface area contributed by atoms with Crippen LogP contribution in [0.4, 0.5) is 0 Å². The summed E-state index contributed by atoms with van der Waals surface area (Å²) >= 11 is 0. The number of carbonyl (C=O) groups excluding carboxylic acids is 1. The molecule has 1 aliphatic heterocycles. The fourth-order valence-corrected chi connectivity index (χ4v) is 2.72. The lowest BCUT2D eigenvalue weighted by atomic mass is 10.1. The highest BCUT2D eigenvalue weighted by atomic mass is 32.2. The third-order valence-corrected chi connectivity index (χ3v) is 4.70. The predicted octanol–water partition coefficient (Wildman–Crippen LogP) is 0.361. The summed E-state index contributed by atoms with van der Waals surface area (Å²) in [5, 5.41) is 2.83. The van der Waals surface area contributed by atoms with Gasteiger partial charge in [-0.15, -0.1) is 0 Å². The summed E-state index contributed by atoms with van der Waals surface area (Å²) in [6, 6.07) is 5.84. The Kier molecular flexibility index (Phi) is 4.74. The second-order valence-corrected chi connectivity index (χ2v) is 6.56. The standard InChI is InChI=1S/C13H18N2O4S/c1-14-20(17,18)12-4-2-11(3-5-12)13(16)15-8-10-6-7-19-9-10/h2-5,10,14H,6-9H2,1H3,(H,15,16)/t10-/m1/s1. The van der Waals surface area contributed by atoms with Crippen LogP contribution in [-0.2, 0) is 14.8 Å². The number of hydrogen-bond donors (Lipinski definition) is 2. The van der Waals surface area contributed by atoms with Crippen LogP contribution in [0.5, 0.6) is 0 Å². The monoisotopic (exact) mass is 298 g/mol. The normalized spacial score (nSPS) is 18.9. The molecule has 0 saturated carbocycles. The van der Waals surface area contributed by atoms with Gasteiger partial charge in [0.05, 0.1) is 11.5 Å². The lowest BCUT2D eigenvalue weighted by Gasteiger charge is -2.10. The number of benzene rings is 1. The van der Waals surface area contributed by atoms with E-state index in [1.54, 1.807) is 0 Å². The summed E-state index contributed by atoms with van der Waals surface area (Å²) in [5.41, 5.74) is 0.443. The summed E-state index contributed by atoms with van der Waals surface area (Å²) in [6.07, 6.45) is 0.958. The number of ether oxygens (including phenoxy) is 1. The largest absolute Gasteiger partial charge is 0.381 e. The number of sulfonamides is 1. The Balaban J connectivity index is 1.97. The fraction of sp³-hybridized carbons (Fsp3) is 0.462. The molecule has 1 aliphatic rings. The van der Waals surface area contributed by atoms with Gasteiger partial charge in [-0.1, -0.05) is 0 Å². The molecule has 2 rings (SSSR count). The second kappa shape index (κ2) is 6.34. The van der Waals surface area contributed by atoms with Gasteiger partial charge >= 0.3 is 0 Å². The van der Waals surface area contributed by atoms with Gasteiger partial charge in [-0.25, -0.2) is 13.1 Å². The predicted molar refractivity (Wildman–Crippen MR) is 73.9 cm³/mol. The van der Waals surface area contributed by atoms with Crippen LogP contribution in [-0.4, -0.2) is 41.1 Å². The molecule has 2 N–H and O–H groups in total. The Labute approximate surface area is 118 Å². The first-order chi connectivity index (χ1) is 9.53. The van der Waals surface area contributed by atoms with E-state index < -0.39 is 10.0 Å². The summed E-state index contributed by atoms with van der Waals surface area (Å²) in [7, 11) is -2.12. The van der Waals surface area contributed by atoms with E-state index in [2.05, 4.69) is 10.0 Å². The van der Waals surface area contributed by atoms with Gasteiger partial charge in [0.15, 0.2) is 0 Å². The van der Waals surface area contributed by atoms with Gasteiger partial charge in [-0.2, -0.15) is 0 Å². The van der Waals surface area contributed by atoms with Crippen molar-refractivity contribution in [2.45, 2.75) is 11.3 Å². The molecule has 1 aromatic carbocycles. The molecule has 110 valence electrons. The maximum atomic E-state index is 11.9. The molecule has 20 heavy (non-hydrogen) atoms. The van der Waals surface area contributed by atoms with Crippen LogP contribution in [0.15, 0.2) is 29.2 Å². The molecule has 1 heterocycles. The summed E-state index contributed by atoms with van der Waals surface area (Å²) < 4.78 is 30.6. The molecule has 1 fully saturated rings. The first kappa shape index (κ1) is 15.0. The Morgan fingerprint density at radius 2 is 2.05 bits per heavy atom. The summed E-state index contributed by atoms with van der Waals surface area (Å²) in [5.74, 6) is 0.160. The molecule has 0 radical (unpaired) electrons. The third-order valence-electron chi connectivity index (χ3n) is 3.27. The molecule has 0 aromatic heterocycles. The van der Waals surface area contributed by atoms with Crippen LogP contribution >= 0.6 is 0 Å². The average molecular weight is 298 g/mol. The van der Waals surface area contributed by atoms with Gasteiger partial charge in [-0.3, -0.25) is 4.79 Å². The van der Waals surface area contributed by atoms with Crippen molar-refractivity contribution >= 4 is 15.9 Å². The topological polar surface area (TPSA) is 84.5 Å². The molecular formula is C13H18N2O4S. The van der Waals surface area contributed by atoms with E-state index in [-0.39, 0.29) is 10.8 Å². The number of rotatable bonds is 5. The third kappa shape index (κ3) is 3.56. The van der Waals surface area contributed by atoms with E-state index in [0.29, 0.717) is 24.6 Å². The Morgan fingerprint density at radius 3 is 2.60 bits per heavy atom. The quantitative estimate of drug-likeness (QED) is 0.822. The van der Waals surface area contributed by atoms with Crippen molar-refractivity contribution in [3.05, 3.63) is 29.8 Å². The molecule has 1 amide bonds. The number of hydrogen-bond acceptors (Lipinski definition) is 4. The first-order valence-electron chi connectivity index (χ1n) is 6.42. The van der Waals surface area contributed by atoms with Gasteiger partial charge in [-0.05, 0) is 37.7 Å². The van der Waals surface area contributed by atoms with Crippen LogP contribution in [0.2, 0.25) is 0 Å². The van der Waals surface area contributed by atoms with Crippen molar-refractivity contribution in [1.29, 1.82) is 0 Å². The maximum absolute atomic E-state index is 11.9. The van der Waals surface area contributed by atoms with Crippen LogP contribution in [0.3, 0.4) is 0 Å². The molecule has 1 atom stereocenters. The minimum atomic E-state index is -3.46. The average Bonchev–Trinajstić information content (AvgIpc) is 2.98. The van der Waals surface area contributed by atoms with Crippen molar-refractivity contribution in [1.82, 2.24) is 10.0 Å².